The van der Waals surface area contributed by atoms with E-state index in [2.05, 4.69) is 42.3 Å². The highest BCUT2D eigenvalue weighted by molar-refractivity contribution is 5.87. The van der Waals surface area contributed by atoms with Crippen molar-refractivity contribution in [2.24, 2.45) is 0 Å². The van der Waals surface area contributed by atoms with Crippen LogP contribution in [0.4, 0.5) is 10.7 Å². The van der Waals surface area contributed by atoms with Gasteiger partial charge in [-0.2, -0.15) is 5.21 Å². The minimum absolute atomic E-state index is 0.149. The molecule has 108 valence electrons. The van der Waals surface area contributed by atoms with Gasteiger partial charge in [0.05, 0.1) is 0 Å². The first-order valence-electron chi connectivity index (χ1n) is 6.58. The molecule has 0 spiro atoms. The van der Waals surface area contributed by atoms with Crippen LogP contribution in [-0.4, -0.2) is 38.2 Å². The second-order valence-electron chi connectivity index (χ2n) is 4.64. The molecule has 0 radical (unpaired) electrons. The molecule has 0 saturated carbocycles. The van der Waals surface area contributed by atoms with Crippen molar-refractivity contribution in [3.63, 3.8) is 0 Å². The van der Waals surface area contributed by atoms with Gasteiger partial charge in [0.15, 0.2) is 0 Å². The van der Waals surface area contributed by atoms with Crippen LogP contribution in [0.3, 0.4) is 0 Å². The van der Waals surface area contributed by atoms with E-state index in [-0.39, 0.29) is 12.0 Å². The molecule has 1 aromatic carbocycles. The summed E-state index contributed by atoms with van der Waals surface area (Å²) in [7, 11) is 0. The summed E-state index contributed by atoms with van der Waals surface area (Å²) in [5.74, 6) is 0.149. The fourth-order valence-electron chi connectivity index (χ4n) is 2.32. The van der Waals surface area contributed by atoms with Crippen molar-refractivity contribution >= 4 is 22.9 Å². The predicted molar refractivity (Wildman–Crippen MR) is 77.9 cm³/mol. The van der Waals surface area contributed by atoms with Crippen LogP contribution < -0.4 is 10.6 Å². The minimum Gasteiger partial charge on any atom is -0.358 e. The number of urea groups is 1. The summed E-state index contributed by atoms with van der Waals surface area (Å²) in [6, 6.07) is 7.78. The molecular weight excluding hydrogens is 270 g/mol. The van der Waals surface area contributed by atoms with E-state index in [1.54, 1.807) is 0 Å². The van der Waals surface area contributed by atoms with Crippen molar-refractivity contribution < 1.29 is 4.79 Å². The predicted octanol–water partition coefficient (Wildman–Crippen LogP) is 1.35. The van der Waals surface area contributed by atoms with E-state index < -0.39 is 0 Å². The number of carbonyl (C=O) groups excluding carboxylic acids is 1. The van der Waals surface area contributed by atoms with Gasteiger partial charge in [0, 0.05) is 23.1 Å². The number of benzene rings is 1. The third-order valence-corrected chi connectivity index (χ3v) is 3.26. The van der Waals surface area contributed by atoms with Crippen molar-refractivity contribution in [1.29, 1.82) is 0 Å². The van der Waals surface area contributed by atoms with Gasteiger partial charge in [0.1, 0.15) is 0 Å². The lowest BCUT2D eigenvalue weighted by molar-refractivity contribution is 0.252. The largest absolute Gasteiger partial charge is 0.358 e. The molecule has 0 aliphatic rings. The van der Waals surface area contributed by atoms with Gasteiger partial charge in [0.25, 0.3) is 5.95 Å². The minimum atomic E-state index is -0.353. The quantitative estimate of drug-likeness (QED) is 0.579. The molecule has 8 nitrogen and oxygen atoms in total. The molecule has 0 saturated heterocycles. The number of aromatic nitrogens is 5. The number of H-pyrrole nitrogens is 2. The lowest BCUT2D eigenvalue weighted by Gasteiger charge is -2.05. The van der Waals surface area contributed by atoms with E-state index >= 15 is 0 Å². The number of aromatic amines is 2. The average molecular weight is 285 g/mol. The fraction of sp³-hybridized carbons (Fsp3) is 0.231. The van der Waals surface area contributed by atoms with E-state index in [1.807, 2.05) is 25.1 Å². The zero-order valence-electron chi connectivity index (χ0n) is 11.5. The molecular formula is C13H15N7O. The Balaban J connectivity index is 1.59. The number of anilines is 1. The first-order chi connectivity index (χ1) is 10.2. The SMILES string of the molecule is Cc1[nH]c2ccccc2c1CCNC(=O)Nc1nn[nH]n1. The molecule has 0 atom stereocenters. The lowest BCUT2D eigenvalue weighted by Crippen LogP contribution is -2.30. The molecule has 2 heterocycles. The molecule has 0 bridgehead atoms. The van der Waals surface area contributed by atoms with Gasteiger partial charge in [-0.05, 0) is 30.2 Å². The molecule has 3 aromatic rings. The Hall–Kier alpha value is -2.90. The zero-order chi connectivity index (χ0) is 14.7. The van der Waals surface area contributed by atoms with Crippen LogP contribution >= 0.6 is 0 Å². The molecule has 2 amide bonds. The second-order valence-corrected chi connectivity index (χ2v) is 4.64. The number of nitrogens with zero attached hydrogens (tertiary/aromatic N) is 3. The number of hydrogen-bond acceptors (Lipinski definition) is 4. The standard InChI is InChI=1S/C13H15N7O/c1-8-9(10-4-2-3-5-11(10)15-8)6-7-14-13(21)16-12-17-19-20-18-12/h2-5,15H,6-7H2,1H3,(H3,14,16,17,18,19,20,21). The molecule has 0 fully saturated rings. The van der Waals surface area contributed by atoms with Gasteiger partial charge in [-0.15, -0.1) is 5.10 Å². The number of tetrazole rings is 1. The number of amides is 2. The smallest absolute Gasteiger partial charge is 0.321 e. The summed E-state index contributed by atoms with van der Waals surface area (Å²) < 4.78 is 0. The maximum atomic E-state index is 11.6. The first-order valence-corrected chi connectivity index (χ1v) is 6.58. The summed E-state index contributed by atoms with van der Waals surface area (Å²) >= 11 is 0. The number of rotatable bonds is 4. The van der Waals surface area contributed by atoms with Gasteiger partial charge in [-0.3, -0.25) is 5.32 Å². The summed E-state index contributed by atoms with van der Waals surface area (Å²) in [4.78, 5) is 15.0. The van der Waals surface area contributed by atoms with Gasteiger partial charge in [-0.25, -0.2) is 4.79 Å². The molecule has 0 aliphatic heterocycles. The van der Waals surface area contributed by atoms with Crippen LogP contribution in [0.2, 0.25) is 0 Å². The van der Waals surface area contributed by atoms with Gasteiger partial charge < -0.3 is 10.3 Å². The molecule has 4 N–H and O–H groups in total. The van der Waals surface area contributed by atoms with Gasteiger partial charge in [-0.1, -0.05) is 23.3 Å². The Morgan fingerprint density at radius 1 is 1.33 bits per heavy atom. The van der Waals surface area contributed by atoms with E-state index in [1.165, 1.54) is 10.9 Å². The Bertz CT molecular complexity index is 747. The number of hydrogen-bond donors (Lipinski definition) is 4. The molecule has 21 heavy (non-hydrogen) atoms. The summed E-state index contributed by atoms with van der Waals surface area (Å²) in [6.45, 7) is 2.56. The molecule has 2 aromatic heterocycles. The van der Waals surface area contributed by atoms with Crippen LogP contribution in [0.1, 0.15) is 11.3 Å². The van der Waals surface area contributed by atoms with Crippen LogP contribution in [-0.2, 0) is 6.42 Å². The van der Waals surface area contributed by atoms with Crippen molar-refractivity contribution in [2.75, 3.05) is 11.9 Å². The Morgan fingerprint density at radius 2 is 2.19 bits per heavy atom. The highest BCUT2D eigenvalue weighted by Crippen LogP contribution is 2.21. The lowest BCUT2D eigenvalue weighted by atomic mass is 10.1. The summed E-state index contributed by atoms with van der Waals surface area (Å²) in [5.41, 5.74) is 3.45. The number of para-hydroxylation sites is 1. The zero-order valence-corrected chi connectivity index (χ0v) is 11.5. The van der Waals surface area contributed by atoms with Crippen LogP contribution in [0.5, 0.6) is 0 Å². The number of fused-ring (bicyclic) bond motifs is 1. The number of nitrogens with one attached hydrogen (secondary N) is 4. The maximum absolute atomic E-state index is 11.6. The third kappa shape index (κ3) is 2.83. The second kappa shape index (κ2) is 5.61. The maximum Gasteiger partial charge on any atom is 0.321 e. The Morgan fingerprint density at radius 3 is 3.00 bits per heavy atom. The average Bonchev–Trinajstić information content (AvgIpc) is 3.07. The molecule has 0 aliphatic carbocycles. The van der Waals surface area contributed by atoms with Crippen molar-refractivity contribution in [2.45, 2.75) is 13.3 Å². The first kappa shape index (κ1) is 13.1. The van der Waals surface area contributed by atoms with Crippen molar-refractivity contribution in [3.05, 3.63) is 35.5 Å². The Kier molecular flexibility index (Phi) is 3.50. The van der Waals surface area contributed by atoms with Gasteiger partial charge in [0.2, 0.25) is 0 Å². The van der Waals surface area contributed by atoms with E-state index in [4.69, 9.17) is 0 Å². The molecule has 8 heteroatoms. The van der Waals surface area contributed by atoms with E-state index in [0.29, 0.717) is 6.54 Å². The molecule has 3 rings (SSSR count). The summed E-state index contributed by atoms with van der Waals surface area (Å²) in [6.07, 6.45) is 0.746. The highest BCUT2D eigenvalue weighted by atomic mass is 16.2. The van der Waals surface area contributed by atoms with Crippen molar-refractivity contribution in [3.8, 4) is 0 Å². The van der Waals surface area contributed by atoms with Crippen molar-refractivity contribution in [1.82, 2.24) is 30.9 Å². The van der Waals surface area contributed by atoms with E-state index in [0.717, 1.165) is 17.6 Å². The van der Waals surface area contributed by atoms with Gasteiger partial charge >= 0.3 is 6.03 Å². The van der Waals surface area contributed by atoms with Crippen LogP contribution in [0.25, 0.3) is 10.9 Å². The Labute approximate surface area is 120 Å². The monoisotopic (exact) mass is 285 g/mol. The topological polar surface area (TPSA) is 111 Å². The normalized spacial score (nSPS) is 10.7. The van der Waals surface area contributed by atoms with E-state index in [9.17, 15) is 4.79 Å². The summed E-state index contributed by atoms with van der Waals surface area (Å²) in [5, 5.41) is 19.3. The van der Waals surface area contributed by atoms with Crippen LogP contribution in [0.15, 0.2) is 24.3 Å². The third-order valence-electron chi connectivity index (χ3n) is 3.26. The number of carbonyl (C=O) groups is 1. The highest BCUT2D eigenvalue weighted by Gasteiger charge is 2.09. The number of aryl methyl sites for hydroxylation is 1. The fourth-order valence-corrected chi connectivity index (χ4v) is 2.32. The molecule has 0 unspecified atom stereocenters. The van der Waals surface area contributed by atoms with Crippen LogP contribution in [0, 0.1) is 6.92 Å².